The van der Waals surface area contributed by atoms with Gasteiger partial charge in [0.1, 0.15) is 0 Å². The van der Waals surface area contributed by atoms with Crippen LogP contribution in [0, 0.1) is 0 Å². The first-order valence-electron chi connectivity index (χ1n) is 9.72. The number of hydrogen-bond acceptors (Lipinski definition) is 4. The summed E-state index contributed by atoms with van der Waals surface area (Å²) in [7, 11) is 0. The number of thiophene rings is 1. The number of unbranched alkanes of at least 4 members (excludes halogenated alkanes) is 1. The van der Waals surface area contributed by atoms with E-state index in [0.29, 0.717) is 6.04 Å². The number of hydrogen-bond donors (Lipinski definition) is 2. The Hall–Kier alpha value is -1.11. The van der Waals surface area contributed by atoms with E-state index < -0.39 is 0 Å². The zero-order chi connectivity index (χ0) is 17.7. The van der Waals surface area contributed by atoms with Gasteiger partial charge in [-0.15, -0.1) is 11.3 Å². The van der Waals surface area contributed by atoms with Crippen molar-refractivity contribution < 1.29 is 4.74 Å². The first-order valence-corrected chi connectivity index (χ1v) is 10.6. The maximum atomic E-state index is 5.39. The van der Waals surface area contributed by atoms with Crippen LogP contribution in [0.4, 0.5) is 0 Å². The largest absolute Gasteiger partial charge is 0.382 e. The predicted octanol–water partition coefficient (Wildman–Crippen LogP) is 3.26. The Morgan fingerprint density at radius 3 is 2.80 bits per heavy atom. The number of ether oxygens (including phenoxy) is 1. The summed E-state index contributed by atoms with van der Waals surface area (Å²) >= 11 is 1.85. The van der Waals surface area contributed by atoms with Crippen LogP contribution in [0.3, 0.4) is 0 Å². The van der Waals surface area contributed by atoms with Crippen LogP contribution in [-0.2, 0) is 4.74 Å². The quantitative estimate of drug-likeness (QED) is 0.359. The maximum Gasteiger partial charge on any atom is 0.191 e. The molecule has 2 heterocycles. The number of aliphatic imine (C=N–C) groups is 1. The number of likely N-dealkylation sites (tertiary alicyclic amines) is 1. The summed E-state index contributed by atoms with van der Waals surface area (Å²) in [5.41, 5.74) is 0. The predicted molar refractivity (Wildman–Crippen MR) is 108 cm³/mol. The van der Waals surface area contributed by atoms with E-state index in [9.17, 15) is 0 Å². The molecular formula is C19H34N4OS. The first kappa shape index (κ1) is 20.2. The van der Waals surface area contributed by atoms with Crippen molar-refractivity contribution in [1.82, 2.24) is 15.5 Å². The van der Waals surface area contributed by atoms with Gasteiger partial charge in [-0.25, -0.2) is 0 Å². The van der Waals surface area contributed by atoms with Gasteiger partial charge in [-0.05, 0) is 64.1 Å². The van der Waals surface area contributed by atoms with Gasteiger partial charge in [-0.1, -0.05) is 6.07 Å². The highest BCUT2D eigenvalue weighted by molar-refractivity contribution is 7.10. The minimum atomic E-state index is 0.413. The van der Waals surface area contributed by atoms with Crippen molar-refractivity contribution in [2.24, 2.45) is 4.99 Å². The van der Waals surface area contributed by atoms with Gasteiger partial charge in [0.05, 0.1) is 12.6 Å². The van der Waals surface area contributed by atoms with Crippen LogP contribution >= 0.6 is 11.3 Å². The number of nitrogens with zero attached hydrogens (tertiary/aromatic N) is 2. The molecule has 1 aliphatic rings. The van der Waals surface area contributed by atoms with Gasteiger partial charge in [-0.3, -0.25) is 9.89 Å². The standard InChI is InChI=1S/C19H34N4OS/c1-3-20-19(21-11-5-8-14-24-4-2)22-16-17(18-10-9-15-25-18)23-12-6-7-13-23/h9-10,15,17H,3-8,11-14,16H2,1-2H3,(H2,20,21,22). The molecule has 142 valence electrons. The third kappa shape index (κ3) is 7.34. The Labute approximate surface area is 156 Å². The highest BCUT2D eigenvalue weighted by Gasteiger charge is 2.24. The van der Waals surface area contributed by atoms with Crippen LogP contribution < -0.4 is 10.6 Å². The molecule has 0 saturated carbocycles. The first-order chi connectivity index (χ1) is 12.3. The van der Waals surface area contributed by atoms with Crippen LogP contribution in [0.15, 0.2) is 22.5 Å². The Morgan fingerprint density at radius 1 is 1.28 bits per heavy atom. The fourth-order valence-corrected chi connectivity index (χ4v) is 3.97. The highest BCUT2D eigenvalue weighted by Crippen LogP contribution is 2.28. The fourth-order valence-electron chi connectivity index (χ4n) is 3.12. The summed E-state index contributed by atoms with van der Waals surface area (Å²) in [5.74, 6) is 0.930. The Balaban J connectivity index is 1.85. The average Bonchev–Trinajstić information content (AvgIpc) is 3.32. The van der Waals surface area contributed by atoms with Crippen molar-refractivity contribution in [3.8, 4) is 0 Å². The van der Waals surface area contributed by atoms with E-state index >= 15 is 0 Å². The van der Waals surface area contributed by atoms with E-state index in [-0.39, 0.29) is 0 Å². The minimum absolute atomic E-state index is 0.413. The molecule has 1 fully saturated rings. The lowest BCUT2D eigenvalue weighted by Gasteiger charge is -2.25. The third-order valence-electron chi connectivity index (χ3n) is 4.43. The second-order valence-electron chi connectivity index (χ2n) is 6.32. The number of nitrogens with one attached hydrogen (secondary N) is 2. The molecule has 25 heavy (non-hydrogen) atoms. The zero-order valence-electron chi connectivity index (χ0n) is 15.8. The van der Waals surface area contributed by atoms with Gasteiger partial charge in [0.2, 0.25) is 0 Å². The summed E-state index contributed by atoms with van der Waals surface area (Å²) in [4.78, 5) is 8.89. The molecule has 6 heteroatoms. The molecule has 2 N–H and O–H groups in total. The number of rotatable bonds is 11. The number of guanidine groups is 1. The second-order valence-corrected chi connectivity index (χ2v) is 7.30. The molecular weight excluding hydrogens is 332 g/mol. The topological polar surface area (TPSA) is 48.9 Å². The molecule has 1 atom stereocenters. The summed E-state index contributed by atoms with van der Waals surface area (Å²) in [6, 6.07) is 4.81. The monoisotopic (exact) mass is 366 g/mol. The lowest BCUT2D eigenvalue weighted by molar-refractivity contribution is 0.143. The normalized spacial score (nSPS) is 17.0. The molecule has 5 nitrogen and oxygen atoms in total. The van der Waals surface area contributed by atoms with Gasteiger partial charge in [-0.2, -0.15) is 0 Å². The van der Waals surface area contributed by atoms with E-state index in [1.165, 1.54) is 30.8 Å². The van der Waals surface area contributed by atoms with Crippen molar-refractivity contribution in [1.29, 1.82) is 0 Å². The van der Waals surface area contributed by atoms with Crippen LogP contribution in [0.2, 0.25) is 0 Å². The van der Waals surface area contributed by atoms with Crippen LogP contribution in [-0.4, -0.2) is 56.8 Å². The zero-order valence-corrected chi connectivity index (χ0v) is 16.6. The van der Waals surface area contributed by atoms with E-state index in [2.05, 4.69) is 40.0 Å². The molecule has 0 amide bonds. The second kappa shape index (κ2) is 12.3. The van der Waals surface area contributed by atoms with Crippen LogP contribution in [0.5, 0.6) is 0 Å². The van der Waals surface area contributed by atoms with Gasteiger partial charge in [0.25, 0.3) is 0 Å². The lowest BCUT2D eigenvalue weighted by Crippen LogP contribution is -2.38. The molecule has 1 unspecified atom stereocenters. The van der Waals surface area contributed by atoms with Gasteiger partial charge >= 0.3 is 0 Å². The Kier molecular flexibility index (Phi) is 9.92. The van der Waals surface area contributed by atoms with Crippen LogP contribution in [0.1, 0.15) is 50.4 Å². The molecule has 0 aromatic carbocycles. The van der Waals surface area contributed by atoms with Crippen molar-refractivity contribution in [3.63, 3.8) is 0 Å². The molecule has 1 aromatic rings. The molecule has 0 spiro atoms. The van der Waals surface area contributed by atoms with Crippen molar-refractivity contribution in [3.05, 3.63) is 22.4 Å². The molecule has 1 saturated heterocycles. The minimum Gasteiger partial charge on any atom is -0.382 e. The summed E-state index contributed by atoms with van der Waals surface area (Å²) in [5, 5.41) is 9.00. The van der Waals surface area contributed by atoms with E-state index in [4.69, 9.17) is 9.73 Å². The molecule has 0 aliphatic carbocycles. The van der Waals surface area contributed by atoms with E-state index in [1.54, 1.807) is 0 Å². The van der Waals surface area contributed by atoms with Gasteiger partial charge in [0, 0.05) is 31.2 Å². The van der Waals surface area contributed by atoms with Crippen molar-refractivity contribution in [2.45, 2.75) is 45.6 Å². The summed E-state index contributed by atoms with van der Waals surface area (Å²) in [6.45, 7) is 10.8. The van der Waals surface area contributed by atoms with Gasteiger partial charge in [0.15, 0.2) is 5.96 Å². The van der Waals surface area contributed by atoms with E-state index in [1.807, 2.05) is 18.3 Å². The summed E-state index contributed by atoms with van der Waals surface area (Å²) < 4.78 is 5.39. The van der Waals surface area contributed by atoms with E-state index in [0.717, 1.165) is 51.6 Å². The Morgan fingerprint density at radius 2 is 2.12 bits per heavy atom. The molecule has 2 rings (SSSR count). The maximum absolute atomic E-state index is 5.39. The lowest BCUT2D eigenvalue weighted by atomic mass is 10.2. The fraction of sp³-hybridized carbons (Fsp3) is 0.737. The summed E-state index contributed by atoms with van der Waals surface area (Å²) in [6.07, 6.45) is 4.81. The van der Waals surface area contributed by atoms with Crippen molar-refractivity contribution >= 4 is 17.3 Å². The van der Waals surface area contributed by atoms with Gasteiger partial charge < -0.3 is 15.4 Å². The highest BCUT2D eigenvalue weighted by atomic mass is 32.1. The molecule has 0 bridgehead atoms. The average molecular weight is 367 g/mol. The molecule has 1 aromatic heterocycles. The third-order valence-corrected chi connectivity index (χ3v) is 5.41. The smallest absolute Gasteiger partial charge is 0.191 e. The molecule has 1 aliphatic heterocycles. The molecule has 0 radical (unpaired) electrons. The van der Waals surface area contributed by atoms with Crippen LogP contribution in [0.25, 0.3) is 0 Å². The van der Waals surface area contributed by atoms with Crippen molar-refractivity contribution in [2.75, 3.05) is 45.9 Å². The SMILES string of the molecule is CCNC(=NCC(c1cccs1)N1CCCC1)NCCCCOCC. The Bertz CT molecular complexity index is 472.